The smallest absolute Gasteiger partial charge is 0.307 e. The molecule has 0 amide bonds. The molecule has 0 spiro atoms. The van der Waals surface area contributed by atoms with Gasteiger partial charge in [-0.05, 0) is 37.4 Å². The minimum Gasteiger partial charge on any atom is -0.469 e. The first-order valence-corrected chi connectivity index (χ1v) is 9.72. The minimum atomic E-state index is -0.487. The monoisotopic (exact) mass is 367 g/mol. The van der Waals surface area contributed by atoms with Crippen molar-refractivity contribution in [3.05, 3.63) is 29.8 Å². The molecule has 1 heterocycles. The van der Waals surface area contributed by atoms with Gasteiger partial charge in [0.15, 0.2) is 5.79 Å². The number of aryl methyl sites for hydroxylation is 1. The lowest BCUT2D eigenvalue weighted by Gasteiger charge is -2.29. The molecule has 5 nitrogen and oxygen atoms in total. The van der Waals surface area contributed by atoms with Crippen LogP contribution in [0, 0.1) is 6.92 Å². The number of nitrogens with one attached hydrogen (secondary N) is 1. The summed E-state index contributed by atoms with van der Waals surface area (Å²) < 4.78 is 20.0. The highest BCUT2D eigenvalue weighted by molar-refractivity contribution is 7.97. The average Bonchev–Trinajstić information content (AvgIpc) is 3.07. The molecule has 6 heteroatoms. The Morgan fingerprint density at radius 3 is 2.56 bits per heavy atom. The van der Waals surface area contributed by atoms with E-state index in [-0.39, 0.29) is 12.0 Å². The van der Waals surface area contributed by atoms with Crippen molar-refractivity contribution < 1.29 is 19.0 Å². The van der Waals surface area contributed by atoms with Crippen LogP contribution in [0.15, 0.2) is 29.2 Å². The highest BCUT2D eigenvalue weighted by atomic mass is 32.2. The molecule has 2 rings (SSSR count). The van der Waals surface area contributed by atoms with E-state index >= 15 is 0 Å². The predicted octanol–water partition coefficient (Wildman–Crippen LogP) is 3.85. The molecule has 25 heavy (non-hydrogen) atoms. The molecule has 1 N–H and O–H groups in total. The molecule has 1 aromatic rings. The molecule has 1 saturated heterocycles. The molecule has 0 aromatic heterocycles. The van der Waals surface area contributed by atoms with Crippen LogP contribution < -0.4 is 4.72 Å². The standard InChI is InChI=1S/C19H29NO4S/c1-4-10-19(23-12-13-24-19)11-9-16(14-18(21)22-3)20-25-17-7-5-15(2)6-8-17/h5-8,16,20H,4,9-14H2,1-3H3/t16-/m0/s1. The summed E-state index contributed by atoms with van der Waals surface area (Å²) in [6.45, 7) is 5.49. The van der Waals surface area contributed by atoms with Crippen molar-refractivity contribution in [2.45, 2.75) is 62.7 Å². The number of hydrogen-bond acceptors (Lipinski definition) is 6. The van der Waals surface area contributed by atoms with Crippen molar-refractivity contribution in [3.8, 4) is 0 Å². The van der Waals surface area contributed by atoms with E-state index in [2.05, 4.69) is 42.8 Å². The summed E-state index contributed by atoms with van der Waals surface area (Å²) in [5.41, 5.74) is 1.23. The van der Waals surface area contributed by atoms with Crippen molar-refractivity contribution >= 4 is 17.9 Å². The zero-order chi connectivity index (χ0) is 18.1. The molecule has 0 radical (unpaired) electrons. The maximum Gasteiger partial charge on any atom is 0.307 e. The molecule has 140 valence electrons. The van der Waals surface area contributed by atoms with E-state index in [0.717, 1.165) is 30.6 Å². The van der Waals surface area contributed by atoms with E-state index in [0.29, 0.717) is 19.6 Å². The van der Waals surface area contributed by atoms with Gasteiger partial charge in [-0.3, -0.25) is 9.52 Å². The van der Waals surface area contributed by atoms with Gasteiger partial charge in [0, 0.05) is 23.8 Å². The SMILES string of the molecule is CCCC1(CC[C@@H](CC(=O)OC)NSc2ccc(C)cc2)OCCO1. The van der Waals surface area contributed by atoms with Gasteiger partial charge in [0.1, 0.15) is 0 Å². The molecule has 1 atom stereocenters. The van der Waals surface area contributed by atoms with Crippen molar-refractivity contribution in [1.29, 1.82) is 0 Å². The highest BCUT2D eigenvalue weighted by Crippen LogP contribution is 2.31. The maximum absolute atomic E-state index is 11.7. The molecule has 0 aliphatic carbocycles. The Morgan fingerprint density at radius 1 is 1.28 bits per heavy atom. The third-order valence-electron chi connectivity index (χ3n) is 4.32. The molecule has 0 saturated carbocycles. The summed E-state index contributed by atoms with van der Waals surface area (Å²) >= 11 is 1.55. The van der Waals surface area contributed by atoms with E-state index in [1.165, 1.54) is 12.7 Å². The van der Waals surface area contributed by atoms with Crippen molar-refractivity contribution in [2.75, 3.05) is 20.3 Å². The number of ether oxygens (including phenoxy) is 3. The van der Waals surface area contributed by atoms with Crippen LogP contribution in [0.2, 0.25) is 0 Å². The van der Waals surface area contributed by atoms with Crippen LogP contribution in [-0.4, -0.2) is 38.1 Å². The summed E-state index contributed by atoms with van der Waals surface area (Å²) in [4.78, 5) is 12.9. The van der Waals surface area contributed by atoms with Crippen LogP contribution in [0.5, 0.6) is 0 Å². The molecule has 1 aliphatic rings. The zero-order valence-electron chi connectivity index (χ0n) is 15.4. The molecular weight excluding hydrogens is 338 g/mol. The molecular formula is C19H29NO4S. The number of carbonyl (C=O) groups is 1. The van der Waals surface area contributed by atoms with Crippen molar-refractivity contribution in [3.63, 3.8) is 0 Å². The number of rotatable bonds is 10. The van der Waals surface area contributed by atoms with Crippen LogP contribution >= 0.6 is 11.9 Å². The second-order valence-electron chi connectivity index (χ2n) is 6.41. The number of methoxy groups -OCH3 is 1. The van der Waals surface area contributed by atoms with E-state index in [1.54, 1.807) is 11.9 Å². The Labute approximate surface area is 154 Å². The topological polar surface area (TPSA) is 56.8 Å². The summed E-state index contributed by atoms with van der Waals surface area (Å²) in [6, 6.07) is 8.31. The first kappa shape index (κ1) is 20.2. The van der Waals surface area contributed by atoms with Gasteiger partial charge in [-0.1, -0.05) is 31.0 Å². The van der Waals surface area contributed by atoms with Crippen LogP contribution in [-0.2, 0) is 19.0 Å². The molecule has 0 bridgehead atoms. The Bertz CT molecular complexity index is 529. The predicted molar refractivity (Wildman–Crippen MR) is 99.4 cm³/mol. The van der Waals surface area contributed by atoms with Crippen LogP contribution in [0.25, 0.3) is 0 Å². The normalized spacial score (nSPS) is 17.4. The number of carbonyl (C=O) groups excluding carboxylic acids is 1. The number of hydrogen-bond donors (Lipinski definition) is 1. The number of esters is 1. The maximum atomic E-state index is 11.7. The molecule has 1 aliphatic heterocycles. The summed E-state index contributed by atoms with van der Waals surface area (Å²) in [5, 5.41) is 0. The van der Waals surface area contributed by atoms with E-state index in [4.69, 9.17) is 14.2 Å². The van der Waals surface area contributed by atoms with E-state index < -0.39 is 5.79 Å². The van der Waals surface area contributed by atoms with Crippen molar-refractivity contribution in [2.24, 2.45) is 0 Å². The van der Waals surface area contributed by atoms with Gasteiger partial charge in [0.2, 0.25) is 0 Å². The van der Waals surface area contributed by atoms with E-state index in [9.17, 15) is 4.79 Å². The fourth-order valence-corrected chi connectivity index (χ4v) is 3.71. The van der Waals surface area contributed by atoms with Gasteiger partial charge in [0.25, 0.3) is 0 Å². The Hall–Kier alpha value is -1.08. The van der Waals surface area contributed by atoms with Gasteiger partial charge in [0.05, 0.1) is 26.7 Å². The minimum absolute atomic E-state index is 0.000263. The first-order chi connectivity index (χ1) is 12.1. The number of benzene rings is 1. The second kappa shape index (κ2) is 10.2. The van der Waals surface area contributed by atoms with Crippen molar-refractivity contribution in [1.82, 2.24) is 4.72 Å². The van der Waals surface area contributed by atoms with Gasteiger partial charge >= 0.3 is 5.97 Å². The summed E-state index contributed by atoms with van der Waals surface area (Å²) in [7, 11) is 1.42. The van der Waals surface area contributed by atoms with Crippen LogP contribution in [0.1, 0.15) is 44.6 Å². The third kappa shape index (κ3) is 6.62. The van der Waals surface area contributed by atoms with Gasteiger partial charge in [-0.25, -0.2) is 0 Å². The van der Waals surface area contributed by atoms with E-state index in [1.807, 2.05) is 0 Å². The quantitative estimate of drug-likeness (QED) is 0.501. The third-order valence-corrected chi connectivity index (χ3v) is 5.28. The van der Waals surface area contributed by atoms with Crippen LogP contribution in [0.4, 0.5) is 0 Å². The second-order valence-corrected chi connectivity index (χ2v) is 7.32. The summed E-state index contributed by atoms with van der Waals surface area (Å²) in [5.74, 6) is -0.695. The lowest BCUT2D eigenvalue weighted by Crippen LogP contribution is -2.34. The fourth-order valence-electron chi connectivity index (χ4n) is 2.93. The molecule has 1 aromatic carbocycles. The van der Waals surface area contributed by atoms with Gasteiger partial charge in [-0.2, -0.15) is 0 Å². The lowest BCUT2D eigenvalue weighted by atomic mass is 10.00. The largest absolute Gasteiger partial charge is 0.469 e. The Balaban J connectivity index is 1.92. The Kier molecular flexibility index (Phi) is 8.22. The molecule has 0 unspecified atom stereocenters. The fraction of sp³-hybridized carbons (Fsp3) is 0.632. The van der Waals surface area contributed by atoms with Gasteiger partial charge in [-0.15, -0.1) is 0 Å². The zero-order valence-corrected chi connectivity index (χ0v) is 16.2. The average molecular weight is 368 g/mol. The summed E-state index contributed by atoms with van der Waals surface area (Å²) in [6.07, 6.45) is 3.77. The van der Waals surface area contributed by atoms with Gasteiger partial charge < -0.3 is 14.2 Å². The Morgan fingerprint density at radius 2 is 1.96 bits per heavy atom. The molecule has 1 fully saturated rings. The highest BCUT2D eigenvalue weighted by Gasteiger charge is 2.36. The van der Waals surface area contributed by atoms with Crippen LogP contribution in [0.3, 0.4) is 0 Å². The lowest BCUT2D eigenvalue weighted by molar-refractivity contribution is -0.169. The first-order valence-electron chi connectivity index (χ1n) is 8.90.